The molecule has 3 aromatic rings. The van der Waals surface area contributed by atoms with Crippen LogP contribution in [-0.4, -0.2) is 54.2 Å². The van der Waals surface area contributed by atoms with Crippen LogP contribution in [0.2, 0.25) is 0 Å². The standard InChI is InChI=1S/C35H41F3N2O5/c1-32(2,3)45-31(41)39-34(22-43-33(4,5)44-23-34)21-40-17-16-26-18-28(15-14-27(26)19-40)42-20-24-10-12-25(13-11-24)29-8-6-7-9-30(29)35(36,37)38/h6-15,18H,16-17,19-23H2,1-5H3,(H,39,41). The summed E-state index contributed by atoms with van der Waals surface area (Å²) in [4.78, 5) is 15.0. The number of halogens is 3. The van der Waals surface area contributed by atoms with Gasteiger partial charge in [-0.05, 0) is 87.1 Å². The molecule has 45 heavy (non-hydrogen) atoms. The first-order valence-electron chi connectivity index (χ1n) is 15.1. The topological polar surface area (TPSA) is 69.3 Å². The summed E-state index contributed by atoms with van der Waals surface area (Å²) in [5, 5.41) is 3.04. The third-order valence-corrected chi connectivity index (χ3v) is 7.86. The zero-order chi connectivity index (χ0) is 32.5. The lowest BCUT2D eigenvalue weighted by atomic mass is 9.95. The van der Waals surface area contributed by atoms with E-state index in [0.717, 1.165) is 30.3 Å². The average Bonchev–Trinajstić information content (AvgIpc) is 2.96. The molecule has 1 saturated heterocycles. The smallest absolute Gasteiger partial charge is 0.417 e. The first-order valence-corrected chi connectivity index (χ1v) is 15.1. The third kappa shape index (κ3) is 8.56. The molecule has 1 amide bonds. The summed E-state index contributed by atoms with van der Waals surface area (Å²) in [5.41, 5.74) is 1.83. The second-order valence-electron chi connectivity index (χ2n) is 13.3. The van der Waals surface area contributed by atoms with Crippen molar-refractivity contribution in [3.63, 3.8) is 0 Å². The van der Waals surface area contributed by atoms with Crippen LogP contribution in [0.3, 0.4) is 0 Å². The minimum atomic E-state index is -4.42. The lowest BCUT2D eigenvalue weighted by molar-refractivity contribution is -0.272. The fraction of sp³-hybridized carbons (Fsp3) is 0.457. The summed E-state index contributed by atoms with van der Waals surface area (Å²) >= 11 is 0. The summed E-state index contributed by atoms with van der Waals surface area (Å²) < 4.78 is 63.9. The van der Waals surface area contributed by atoms with Gasteiger partial charge in [0.05, 0.1) is 18.8 Å². The Labute approximate surface area is 262 Å². The summed E-state index contributed by atoms with van der Waals surface area (Å²) in [7, 11) is 0. The van der Waals surface area contributed by atoms with E-state index < -0.39 is 34.8 Å². The highest BCUT2D eigenvalue weighted by Crippen LogP contribution is 2.37. The molecule has 0 aromatic heterocycles. The highest BCUT2D eigenvalue weighted by molar-refractivity contribution is 5.69. The van der Waals surface area contributed by atoms with Crippen molar-refractivity contribution < 1.29 is 36.9 Å². The van der Waals surface area contributed by atoms with Gasteiger partial charge >= 0.3 is 12.3 Å². The monoisotopic (exact) mass is 626 g/mol. The van der Waals surface area contributed by atoms with E-state index in [9.17, 15) is 18.0 Å². The van der Waals surface area contributed by atoms with Crippen molar-refractivity contribution in [1.29, 1.82) is 0 Å². The molecule has 7 nitrogen and oxygen atoms in total. The van der Waals surface area contributed by atoms with Crippen LogP contribution in [0, 0.1) is 0 Å². The van der Waals surface area contributed by atoms with E-state index in [1.54, 1.807) is 30.3 Å². The van der Waals surface area contributed by atoms with Crippen molar-refractivity contribution in [2.24, 2.45) is 0 Å². The van der Waals surface area contributed by atoms with E-state index in [4.69, 9.17) is 18.9 Å². The lowest BCUT2D eigenvalue weighted by Crippen LogP contribution is -2.66. The maximum atomic E-state index is 13.5. The Bertz CT molecular complexity index is 1490. The summed E-state index contributed by atoms with van der Waals surface area (Å²) in [5.74, 6) is -0.00187. The number of carbonyl (C=O) groups excluding carboxylic acids is 1. The second-order valence-corrected chi connectivity index (χ2v) is 13.3. The zero-order valence-electron chi connectivity index (χ0n) is 26.4. The predicted molar refractivity (Wildman–Crippen MR) is 165 cm³/mol. The van der Waals surface area contributed by atoms with E-state index in [0.29, 0.717) is 38.5 Å². The Morgan fingerprint density at radius 3 is 2.31 bits per heavy atom. The Balaban J connectivity index is 1.20. The molecule has 0 spiro atoms. The van der Waals surface area contributed by atoms with E-state index in [2.05, 4.69) is 16.3 Å². The van der Waals surface area contributed by atoms with Gasteiger partial charge in [0.25, 0.3) is 0 Å². The van der Waals surface area contributed by atoms with Crippen molar-refractivity contribution in [1.82, 2.24) is 10.2 Å². The van der Waals surface area contributed by atoms with E-state index in [1.165, 1.54) is 23.3 Å². The number of carbonyl (C=O) groups is 1. The number of nitrogens with one attached hydrogen (secondary N) is 1. The number of benzene rings is 3. The quantitative estimate of drug-likeness (QED) is 0.296. The normalized spacial score (nSPS) is 18.1. The Hall–Kier alpha value is -3.60. The van der Waals surface area contributed by atoms with Crippen molar-refractivity contribution >= 4 is 6.09 Å². The molecule has 5 rings (SSSR count). The maximum Gasteiger partial charge on any atom is 0.417 e. The molecule has 10 heteroatoms. The molecule has 0 radical (unpaired) electrons. The fourth-order valence-corrected chi connectivity index (χ4v) is 5.60. The number of alkyl halides is 3. The second kappa shape index (κ2) is 12.7. The molecular weight excluding hydrogens is 585 g/mol. The van der Waals surface area contributed by atoms with Crippen LogP contribution in [0.4, 0.5) is 18.0 Å². The number of hydrogen-bond donors (Lipinski definition) is 1. The molecule has 0 aliphatic carbocycles. The molecule has 242 valence electrons. The van der Waals surface area contributed by atoms with Gasteiger partial charge in [0.15, 0.2) is 5.79 Å². The van der Waals surface area contributed by atoms with Crippen molar-refractivity contribution in [2.75, 3.05) is 26.3 Å². The van der Waals surface area contributed by atoms with Gasteiger partial charge in [0.1, 0.15) is 23.5 Å². The van der Waals surface area contributed by atoms with E-state index >= 15 is 0 Å². The van der Waals surface area contributed by atoms with Gasteiger partial charge in [0, 0.05) is 19.6 Å². The largest absolute Gasteiger partial charge is 0.489 e. The van der Waals surface area contributed by atoms with Crippen molar-refractivity contribution in [2.45, 2.75) is 77.3 Å². The van der Waals surface area contributed by atoms with Crippen molar-refractivity contribution in [3.8, 4) is 16.9 Å². The van der Waals surface area contributed by atoms with Crippen LogP contribution in [-0.2, 0) is 40.0 Å². The van der Waals surface area contributed by atoms with E-state index in [-0.39, 0.29) is 5.56 Å². The molecule has 0 bridgehead atoms. The van der Waals surface area contributed by atoms with Crippen LogP contribution in [0.25, 0.3) is 11.1 Å². The highest BCUT2D eigenvalue weighted by atomic mass is 19.4. The summed E-state index contributed by atoms with van der Waals surface area (Å²) in [6.07, 6.45) is -4.12. The minimum absolute atomic E-state index is 0.153. The molecule has 0 atom stereocenters. The Morgan fingerprint density at radius 1 is 0.956 bits per heavy atom. The number of amides is 1. The first kappa shape index (κ1) is 32.8. The van der Waals surface area contributed by atoms with Crippen LogP contribution < -0.4 is 10.1 Å². The molecule has 0 saturated carbocycles. The number of alkyl carbamates (subject to hydrolysis) is 1. The number of ether oxygens (including phenoxy) is 4. The van der Waals surface area contributed by atoms with Crippen molar-refractivity contribution in [3.05, 3.63) is 89.0 Å². The Kier molecular flexibility index (Phi) is 9.22. The molecule has 3 aromatic carbocycles. The van der Waals surface area contributed by atoms with Crippen LogP contribution >= 0.6 is 0 Å². The molecule has 0 unspecified atom stereocenters. The SMILES string of the molecule is CC(C)(C)OC(=O)NC1(CN2CCc3cc(OCc4ccc(-c5ccccc5C(F)(F)F)cc4)ccc3C2)COC(C)(C)OC1. The molecule has 1 fully saturated rings. The summed E-state index contributed by atoms with van der Waals surface area (Å²) in [6, 6.07) is 18.6. The number of fused-ring (bicyclic) bond motifs is 1. The van der Waals surface area contributed by atoms with Gasteiger partial charge in [-0.3, -0.25) is 4.90 Å². The maximum absolute atomic E-state index is 13.5. The number of rotatable bonds is 7. The minimum Gasteiger partial charge on any atom is -0.489 e. The van der Waals surface area contributed by atoms with Gasteiger partial charge in [-0.25, -0.2) is 4.79 Å². The van der Waals surface area contributed by atoms with Gasteiger partial charge < -0.3 is 24.3 Å². The molecular formula is C35H41F3N2O5. The number of hydrogen-bond acceptors (Lipinski definition) is 6. The predicted octanol–water partition coefficient (Wildman–Crippen LogP) is 7.36. The molecule has 2 heterocycles. The van der Waals surface area contributed by atoms with Crippen LogP contribution in [0.5, 0.6) is 5.75 Å². The third-order valence-electron chi connectivity index (χ3n) is 7.86. The van der Waals surface area contributed by atoms with Gasteiger partial charge in [-0.2, -0.15) is 13.2 Å². The zero-order valence-corrected chi connectivity index (χ0v) is 26.4. The first-order chi connectivity index (χ1) is 21.1. The van der Waals surface area contributed by atoms with Gasteiger partial charge in [-0.1, -0.05) is 48.5 Å². The summed E-state index contributed by atoms with van der Waals surface area (Å²) in [6.45, 7) is 12.1. The molecule has 2 aliphatic heterocycles. The van der Waals surface area contributed by atoms with Crippen LogP contribution in [0.1, 0.15) is 56.9 Å². The fourth-order valence-electron chi connectivity index (χ4n) is 5.60. The Morgan fingerprint density at radius 2 is 1.64 bits per heavy atom. The van der Waals surface area contributed by atoms with E-state index in [1.807, 2.05) is 46.8 Å². The average molecular weight is 627 g/mol. The van der Waals surface area contributed by atoms with Crippen LogP contribution in [0.15, 0.2) is 66.7 Å². The van der Waals surface area contributed by atoms with Gasteiger partial charge in [-0.15, -0.1) is 0 Å². The highest BCUT2D eigenvalue weighted by Gasteiger charge is 2.43. The molecule has 1 N–H and O–H groups in total. The lowest BCUT2D eigenvalue weighted by Gasteiger charge is -2.46. The van der Waals surface area contributed by atoms with Gasteiger partial charge in [0.2, 0.25) is 0 Å². The number of nitrogens with zero attached hydrogens (tertiary/aromatic N) is 1. The molecule has 2 aliphatic rings.